The molecule has 2 heteroatoms. The van der Waals surface area contributed by atoms with Crippen LogP contribution < -0.4 is 0 Å². The van der Waals surface area contributed by atoms with Crippen LogP contribution in [0.5, 0.6) is 0 Å². The zero-order valence-electron chi connectivity index (χ0n) is 9.39. The van der Waals surface area contributed by atoms with E-state index in [1.807, 2.05) is 20.8 Å². The molecule has 76 valence electrons. The predicted molar refractivity (Wildman–Crippen MR) is 55.6 cm³/mol. The van der Waals surface area contributed by atoms with E-state index in [1.54, 1.807) is 0 Å². The lowest BCUT2D eigenvalue weighted by molar-refractivity contribution is 0.141. The maximum atomic E-state index is 5.20. The first-order valence-electron chi connectivity index (χ1n) is 5.00. The van der Waals surface area contributed by atoms with E-state index in [0.29, 0.717) is 0 Å². The third kappa shape index (κ3) is 16.5. The molecular formula is C10H25NO. The molecule has 2 nitrogen and oxygen atoms in total. The van der Waals surface area contributed by atoms with E-state index in [4.69, 9.17) is 4.74 Å². The van der Waals surface area contributed by atoms with Gasteiger partial charge >= 0.3 is 0 Å². The number of rotatable bonds is 6. The smallest absolute Gasteiger partial charge is 0.0466 e. The Morgan fingerprint density at radius 1 is 1.08 bits per heavy atom. The van der Waals surface area contributed by atoms with Crippen molar-refractivity contribution in [3.8, 4) is 0 Å². The number of nitrogens with zero attached hydrogens (tertiary/aromatic N) is 1. The van der Waals surface area contributed by atoms with Crippen molar-refractivity contribution in [2.75, 3.05) is 33.9 Å². The number of hydrogen-bond acceptors (Lipinski definition) is 2. The monoisotopic (exact) mass is 175 g/mol. The Morgan fingerprint density at radius 3 is 2.08 bits per heavy atom. The van der Waals surface area contributed by atoms with E-state index >= 15 is 0 Å². The van der Waals surface area contributed by atoms with E-state index in [2.05, 4.69) is 19.0 Å². The third-order valence-electron chi connectivity index (χ3n) is 1.35. The summed E-state index contributed by atoms with van der Waals surface area (Å²) in [5, 5.41) is 0. The molecule has 12 heavy (non-hydrogen) atoms. The second kappa shape index (κ2) is 13.5. The molecule has 0 saturated heterocycles. The lowest BCUT2D eigenvalue weighted by Crippen LogP contribution is -2.13. The van der Waals surface area contributed by atoms with Crippen LogP contribution in [-0.4, -0.2) is 38.8 Å². The van der Waals surface area contributed by atoms with E-state index < -0.39 is 0 Å². The summed E-state index contributed by atoms with van der Waals surface area (Å²) < 4.78 is 5.20. The highest BCUT2D eigenvalue weighted by atomic mass is 16.5. The first-order chi connectivity index (χ1) is 5.77. The van der Waals surface area contributed by atoms with Gasteiger partial charge in [-0.3, -0.25) is 0 Å². The van der Waals surface area contributed by atoms with Crippen molar-refractivity contribution in [2.24, 2.45) is 0 Å². The van der Waals surface area contributed by atoms with E-state index in [1.165, 1.54) is 19.4 Å². The van der Waals surface area contributed by atoms with Gasteiger partial charge in [-0.25, -0.2) is 0 Å². The Labute approximate surface area is 77.9 Å². The summed E-state index contributed by atoms with van der Waals surface area (Å²) in [6.07, 6.45) is 2.43. The molecule has 0 heterocycles. The van der Waals surface area contributed by atoms with Crippen LogP contribution in [0.2, 0.25) is 0 Å². The molecule has 0 aromatic rings. The molecule has 0 unspecified atom stereocenters. The quantitative estimate of drug-likeness (QED) is 0.575. The van der Waals surface area contributed by atoms with Crippen molar-refractivity contribution in [1.29, 1.82) is 0 Å². The normalized spacial score (nSPS) is 9.50. The Morgan fingerprint density at radius 2 is 1.67 bits per heavy atom. The van der Waals surface area contributed by atoms with E-state index in [0.717, 1.165) is 13.2 Å². The molecule has 0 bridgehead atoms. The average molecular weight is 175 g/mol. The van der Waals surface area contributed by atoms with Crippen molar-refractivity contribution in [3.63, 3.8) is 0 Å². The fourth-order valence-corrected chi connectivity index (χ4v) is 0.776. The first kappa shape index (κ1) is 14.4. The van der Waals surface area contributed by atoms with Crippen molar-refractivity contribution < 1.29 is 4.74 Å². The lowest BCUT2D eigenvalue weighted by atomic mass is 10.3. The highest BCUT2D eigenvalue weighted by Crippen LogP contribution is 1.90. The number of unbranched alkanes of at least 4 members (excludes halogenated alkanes) is 1. The van der Waals surface area contributed by atoms with Crippen LogP contribution in [0.25, 0.3) is 0 Å². The topological polar surface area (TPSA) is 12.5 Å². The molecule has 0 aliphatic carbocycles. The Bertz CT molecular complexity index is 64.9. The fraction of sp³-hybridized carbons (Fsp3) is 1.00. The molecule has 0 aromatic carbocycles. The molecule has 0 saturated carbocycles. The van der Waals surface area contributed by atoms with Crippen molar-refractivity contribution in [3.05, 3.63) is 0 Å². The summed E-state index contributed by atoms with van der Waals surface area (Å²) in [4.78, 5) is 2.20. The summed E-state index contributed by atoms with van der Waals surface area (Å²) in [6.45, 7) is 8.98. The zero-order valence-corrected chi connectivity index (χ0v) is 9.39. The summed E-state index contributed by atoms with van der Waals surface area (Å²) >= 11 is 0. The molecule has 0 amide bonds. The van der Waals surface area contributed by atoms with Crippen LogP contribution in [0.3, 0.4) is 0 Å². The van der Waals surface area contributed by atoms with Gasteiger partial charge in [-0.15, -0.1) is 0 Å². The Kier molecular flexibility index (Phi) is 16.3. The molecule has 0 aliphatic heterocycles. The van der Waals surface area contributed by atoms with Crippen LogP contribution in [0.15, 0.2) is 0 Å². The van der Waals surface area contributed by atoms with Crippen LogP contribution in [0.1, 0.15) is 33.6 Å². The predicted octanol–water partition coefficient (Wildman–Crippen LogP) is 2.39. The first-order valence-corrected chi connectivity index (χ1v) is 5.00. The van der Waals surface area contributed by atoms with Crippen LogP contribution >= 0.6 is 0 Å². The van der Waals surface area contributed by atoms with Gasteiger partial charge in [-0.1, -0.05) is 13.8 Å². The van der Waals surface area contributed by atoms with E-state index in [-0.39, 0.29) is 0 Å². The number of hydrogen-bond donors (Lipinski definition) is 0. The zero-order chi connectivity index (χ0) is 9.82. The molecule has 0 aromatic heterocycles. The summed E-state index contributed by atoms with van der Waals surface area (Å²) in [7, 11) is 4.20. The van der Waals surface area contributed by atoms with Gasteiger partial charge in [-0.2, -0.15) is 0 Å². The van der Waals surface area contributed by atoms with Crippen molar-refractivity contribution in [1.82, 2.24) is 4.90 Å². The highest BCUT2D eigenvalue weighted by Gasteiger charge is 1.89. The number of ether oxygens (including phenoxy) is 1. The molecule has 0 spiro atoms. The second-order valence-electron chi connectivity index (χ2n) is 2.71. The minimum absolute atomic E-state index is 0.849. The van der Waals surface area contributed by atoms with Crippen LogP contribution in [0, 0.1) is 0 Å². The molecule has 0 rings (SSSR count). The standard InChI is InChI=1S/C8H19NO.C2H6/c1-4-10-8-6-5-7-9(2)3;1-2/h4-8H2,1-3H3;1-2H3. The van der Waals surface area contributed by atoms with Gasteiger partial charge in [0.1, 0.15) is 0 Å². The Hall–Kier alpha value is -0.0800. The molecule has 0 N–H and O–H groups in total. The van der Waals surface area contributed by atoms with Gasteiger partial charge in [0, 0.05) is 13.2 Å². The van der Waals surface area contributed by atoms with Gasteiger partial charge in [-0.05, 0) is 40.4 Å². The second-order valence-corrected chi connectivity index (χ2v) is 2.71. The third-order valence-corrected chi connectivity index (χ3v) is 1.35. The van der Waals surface area contributed by atoms with Gasteiger partial charge in [0.25, 0.3) is 0 Å². The Balaban J connectivity index is 0. The minimum Gasteiger partial charge on any atom is -0.382 e. The largest absolute Gasteiger partial charge is 0.382 e. The molecule has 0 aliphatic rings. The summed E-state index contributed by atoms with van der Waals surface area (Å²) in [5.41, 5.74) is 0. The van der Waals surface area contributed by atoms with Gasteiger partial charge in [0.05, 0.1) is 0 Å². The maximum Gasteiger partial charge on any atom is 0.0466 e. The van der Waals surface area contributed by atoms with Gasteiger partial charge in [0.15, 0.2) is 0 Å². The van der Waals surface area contributed by atoms with Crippen molar-refractivity contribution >= 4 is 0 Å². The fourth-order valence-electron chi connectivity index (χ4n) is 0.776. The molecule has 0 atom stereocenters. The van der Waals surface area contributed by atoms with Crippen LogP contribution in [0.4, 0.5) is 0 Å². The molecular weight excluding hydrogens is 150 g/mol. The van der Waals surface area contributed by atoms with Crippen molar-refractivity contribution in [2.45, 2.75) is 33.6 Å². The highest BCUT2D eigenvalue weighted by molar-refractivity contribution is 4.43. The molecule has 0 fully saturated rings. The maximum absolute atomic E-state index is 5.20. The van der Waals surface area contributed by atoms with Gasteiger partial charge in [0.2, 0.25) is 0 Å². The van der Waals surface area contributed by atoms with Gasteiger partial charge < -0.3 is 9.64 Å². The summed E-state index contributed by atoms with van der Waals surface area (Å²) in [5.74, 6) is 0. The minimum atomic E-state index is 0.849. The van der Waals surface area contributed by atoms with Crippen LogP contribution in [-0.2, 0) is 4.74 Å². The average Bonchev–Trinajstić information content (AvgIpc) is 2.07. The SMILES string of the molecule is CC.CCOCCCCN(C)C. The van der Waals surface area contributed by atoms with E-state index in [9.17, 15) is 0 Å². The molecule has 0 radical (unpaired) electrons. The lowest BCUT2D eigenvalue weighted by Gasteiger charge is -2.08. The summed E-state index contributed by atoms with van der Waals surface area (Å²) in [6, 6.07) is 0.